The molecule has 6 heteroatoms. The van der Waals surface area contributed by atoms with Crippen molar-refractivity contribution in [3.05, 3.63) is 42.0 Å². The minimum absolute atomic E-state index is 0.0898. The van der Waals surface area contributed by atoms with Crippen molar-refractivity contribution in [2.24, 2.45) is 0 Å². The maximum Gasteiger partial charge on any atom is 0.238 e. The Hall–Kier alpha value is -2.50. The third-order valence-electron chi connectivity index (χ3n) is 2.64. The smallest absolute Gasteiger partial charge is 0.238 e. The number of aryl methyl sites for hydroxylation is 1. The Morgan fingerprint density at radius 3 is 2.94 bits per heavy atom. The SMILES string of the molecule is Cc1cccc(-c2cc(F)c3cnc(N)nn23)n1. The van der Waals surface area contributed by atoms with Crippen LogP contribution in [0.5, 0.6) is 0 Å². The summed E-state index contributed by atoms with van der Waals surface area (Å²) >= 11 is 0. The highest BCUT2D eigenvalue weighted by atomic mass is 19.1. The first-order valence-electron chi connectivity index (χ1n) is 5.39. The summed E-state index contributed by atoms with van der Waals surface area (Å²) < 4.78 is 15.2. The lowest BCUT2D eigenvalue weighted by Gasteiger charge is -2.02. The van der Waals surface area contributed by atoms with E-state index in [2.05, 4.69) is 15.1 Å². The normalized spacial score (nSPS) is 11.0. The standard InChI is InChI=1S/C12H10FN5/c1-7-3-2-4-9(16-7)10-5-8(13)11-6-15-12(14)17-18(10)11/h2-6H,1H3,(H2,14,17). The number of nitrogens with zero attached hydrogens (tertiary/aromatic N) is 4. The third kappa shape index (κ3) is 1.58. The van der Waals surface area contributed by atoms with Crippen LogP contribution in [0.2, 0.25) is 0 Å². The molecule has 0 amide bonds. The quantitative estimate of drug-likeness (QED) is 0.707. The summed E-state index contributed by atoms with van der Waals surface area (Å²) in [6.07, 6.45) is 1.36. The van der Waals surface area contributed by atoms with Gasteiger partial charge in [0.25, 0.3) is 0 Å². The molecule has 90 valence electrons. The number of hydrogen-bond donors (Lipinski definition) is 1. The first kappa shape index (κ1) is 10.6. The van der Waals surface area contributed by atoms with E-state index in [9.17, 15) is 4.39 Å². The molecule has 3 rings (SSSR count). The van der Waals surface area contributed by atoms with Crippen molar-refractivity contribution in [1.29, 1.82) is 0 Å². The molecular weight excluding hydrogens is 233 g/mol. The van der Waals surface area contributed by atoms with E-state index < -0.39 is 5.82 Å². The van der Waals surface area contributed by atoms with Crippen molar-refractivity contribution in [2.75, 3.05) is 5.73 Å². The summed E-state index contributed by atoms with van der Waals surface area (Å²) in [7, 11) is 0. The molecule has 0 aliphatic heterocycles. The van der Waals surface area contributed by atoms with Gasteiger partial charge in [0.1, 0.15) is 5.52 Å². The van der Waals surface area contributed by atoms with Crippen LogP contribution in [-0.4, -0.2) is 19.6 Å². The number of anilines is 1. The number of pyridine rings is 1. The summed E-state index contributed by atoms with van der Waals surface area (Å²) in [6.45, 7) is 1.87. The predicted molar refractivity (Wildman–Crippen MR) is 65.3 cm³/mol. The van der Waals surface area contributed by atoms with Crippen molar-refractivity contribution in [3.8, 4) is 11.4 Å². The molecule has 0 saturated carbocycles. The number of rotatable bonds is 1. The monoisotopic (exact) mass is 243 g/mol. The van der Waals surface area contributed by atoms with Crippen LogP contribution in [0.25, 0.3) is 16.9 Å². The zero-order valence-corrected chi connectivity index (χ0v) is 9.63. The van der Waals surface area contributed by atoms with Crippen LogP contribution in [-0.2, 0) is 0 Å². The van der Waals surface area contributed by atoms with Crippen LogP contribution in [0.1, 0.15) is 5.69 Å². The van der Waals surface area contributed by atoms with Gasteiger partial charge in [0, 0.05) is 11.8 Å². The third-order valence-corrected chi connectivity index (χ3v) is 2.64. The highest BCUT2D eigenvalue weighted by Crippen LogP contribution is 2.23. The van der Waals surface area contributed by atoms with Gasteiger partial charge in [0.05, 0.1) is 17.6 Å². The number of hydrogen-bond acceptors (Lipinski definition) is 4. The molecule has 0 fully saturated rings. The number of halogens is 1. The molecule has 0 aromatic carbocycles. The van der Waals surface area contributed by atoms with Gasteiger partial charge in [-0.1, -0.05) is 6.07 Å². The minimum Gasteiger partial charge on any atom is -0.367 e. The molecular formula is C12H10FN5. The fourth-order valence-electron chi connectivity index (χ4n) is 1.83. The Balaban J connectivity index is 2.32. The van der Waals surface area contributed by atoms with E-state index in [1.807, 2.05) is 19.1 Å². The van der Waals surface area contributed by atoms with Gasteiger partial charge < -0.3 is 5.73 Å². The van der Waals surface area contributed by atoms with E-state index in [-0.39, 0.29) is 11.5 Å². The molecule has 0 radical (unpaired) electrons. The van der Waals surface area contributed by atoms with Gasteiger partial charge in [0.2, 0.25) is 5.95 Å². The lowest BCUT2D eigenvalue weighted by molar-refractivity contribution is 0.638. The fraction of sp³-hybridized carbons (Fsp3) is 0.0833. The average Bonchev–Trinajstić information content (AvgIpc) is 2.66. The second kappa shape index (κ2) is 3.76. The Labute approximate surface area is 102 Å². The molecule has 0 aliphatic rings. The van der Waals surface area contributed by atoms with Crippen LogP contribution >= 0.6 is 0 Å². The van der Waals surface area contributed by atoms with Crippen molar-refractivity contribution in [3.63, 3.8) is 0 Å². The first-order valence-corrected chi connectivity index (χ1v) is 5.39. The zero-order valence-electron chi connectivity index (χ0n) is 9.63. The summed E-state index contributed by atoms with van der Waals surface area (Å²) in [5.74, 6) is -0.305. The minimum atomic E-state index is -0.395. The van der Waals surface area contributed by atoms with Crippen LogP contribution in [0, 0.1) is 12.7 Å². The highest BCUT2D eigenvalue weighted by molar-refractivity contribution is 5.64. The van der Waals surface area contributed by atoms with E-state index in [1.165, 1.54) is 16.8 Å². The topological polar surface area (TPSA) is 69.1 Å². The van der Waals surface area contributed by atoms with E-state index >= 15 is 0 Å². The molecule has 3 heterocycles. The number of nitrogen functional groups attached to an aromatic ring is 1. The van der Waals surface area contributed by atoms with Gasteiger partial charge in [-0.25, -0.2) is 13.9 Å². The molecule has 2 N–H and O–H groups in total. The van der Waals surface area contributed by atoms with Gasteiger partial charge in [-0.15, -0.1) is 5.10 Å². The Bertz CT molecular complexity index is 734. The summed E-state index contributed by atoms with van der Waals surface area (Å²) in [5, 5.41) is 4.01. The van der Waals surface area contributed by atoms with E-state index in [1.54, 1.807) is 6.07 Å². The highest BCUT2D eigenvalue weighted by Gasteiger charge is 2.13. The fourth-order valence-corrected chi connectivity index (χ4v) is 1.83. The molecule has 0 atom stereocenters. The molecule has 3 aromatic heterocycles. The maximum atomic E-state index is 13.8. The molecule has 0 spiro atoms. The van der Waals surface area contributed by atoms with Gasteiger partial charge in [-0.3, -0.25) is 4.98 Å². The first-order chi connectivity index (χ1) is 8.65. The lowest BCUT2D eigenvalue weighted by atomic mass is 10.2. The molecule has 5 nitrogen and oxygen atoms in total. The van der Waals surface area contributed by atoms with Crippen molar-refractivity contribution in [2.45, 2.75) is 6.92 Å². The average molecular weight is 243 g/mol. The van der Waals surface area contributed by atoms with E-state index in [4.69, 9.17) is 5.73 Å². The molecule has 0 bridgehead atoms. The van der Waals surface area contributed by atoms with Crippen LogP contribution in [0.15, 0.2) is 30.5 Å². The second-order valence-electron chi connectivity index (χ2n) is 3.96. The molecule has 0 saturated heterocycles. The Morgan fingerprint density at radius 1 is 1.33 bits per heavy atom. The van der Waals surface area contributed by atoms with Crippen LogP contribution in [0.4, 0.5) is 10.3 Å². The Kier molecular flexibility index (Phi) is 2.22. The maximum absolute atomic E-state index is 13.8. The Morgan fingerprint density at radius 2 is 2.17 bits per heavy atom. The summed E-state index contributed by atoms with van der Waals surface area (Å²) in [5.41, 5.74) is 7.86. The lowest BCUT2D eigenvalue weighted by Crippen LogP contribution is -2.02. The molecule has 18 heavy (non-hydrogen) atoms. The summed E-state index contributed by atoms with van der Waals surface area (Å²) in [4.78, 5) is 8.13. The predicted octanol–water partition coefficient (Wildman–Crippen LogP) is 1.82. The van der Waals surface area contributed by atoms with Crippen molar-refractivity contribution < 1.29 is 4.39 Å². The van der Waals surface area contributed by atoms with E-state index in [0.717, 1.165) is 5.69 Å². The number of fused-ring (bicyclic) bond motifs is 1. The largest absolute Gasteiger partial charge is 0.367 e. The van der Waals surface area contributed by atoms with Gasteiger partial charge in [0.15, 0.2) is 5.82 Å². The van der Waals surface area contributed by atoms with Crippen LogP contribution < -0.4 is 5.73 Å². The van der Waals surface area contributed by atoms with Gasteiger partial charge in [-0.05, 0) is 19.1 Å². The molecule has 0 unspecified atom stereocenters. The molecule has 0 aliphatic carbocycles. The van der Waals surface area contributed by atoms with Crippen molar-refractivity contribution >= 4 is 11.5 Å². The summed E-state index contributed by atoms with van der Waals surface area (Å²) in [6, 6.07) is 6.91. The van der Waals surface area contributed by atoms with Gasteiger partial charge in [-0.2, -0.15) is 0 Å². The zero-order chi connectivity index (χ0) is 12.7. The number of nitrogens with two attached hydrogens (primary N) is 1. The second-order valence-corrected chi connectivity index (χ2v) is 3.96. The molecule has 3 aromatic rings. The van der Waals surface area contributed by atoms with E-state index in [0.29, 0.717) is 11.4 Å². The number of aromatic nitrogens is 4. The van der Waals surface area contributed by atoms with Crippen molar-refractivity contribution in [1.82, 2.24) is 19.6 Å². The van der Waals surface area contributed by atoms with Gasteiger partial charge >= 0.3 is 0 Å². The van der Waals surface area contributed by atoms with Crippen LogP contribution in [0.3, 0.4) is 0 Å².